The van der Waals surface area contributed by atoms with Crippen LogP contribution in [-0.4, -0.2) is 34.9 Å². The molecular weight excluding hydrogens is 357 g/mol. The van der Waals surface area contributed by atoms with Crippen molar-refractivity contribution in [2.24, 2.45) is 11.1 Å². The van der Waals surface area contributed by atoms with E-state index in [0.717, 1.165) is 12.1 Å². The maximum Gasteiger partial charge on any atom is 0.287 e. The molecule has 120 valence electrons. The van der Waals surface area contributed by atoms with Crippen LogP contribution in [0.25, 0.3) is 0 Å². The van der Waals surface area contributed by atoms with E-state index in [1.165, 1.54) is 0 Å². The number of likely N-dealkylation sites (tertiary alicyclic amines) is 1. The number of carbonyl (C=O) groups is 1. The Morgan fingerprint density at radius 3 is 2.73 bits per heavy atom. The number of hydrogen-bond acceptors (Lipinski definition) is 4. The molecule has 1 fully saturated rings. The van der Waals surface area contributed by atoms with Gasteiger partial charge in [0.2, 0.25) is 0 Å². The number of nitro benzene ring substituents is 1. The van der Waals surface area contributed by atoms with E-state index in [9.17, 15) is 19.3 Å². The van der Waals surface area contributed by atoms with Gasteiger partial charge in [-0.05, 0) is 33.8 Å². The molecule has 0 spiro atoms. The molecule has 8 heteroatoms. The van der Waals surface area contributed by atoms with E-state index >= 15 is 0 Å². The van der Waals surface area contributed by atoms with Crippen LogP contribution < -0.4 is 5.73 Å². The SMILES string of the molecule is CC1(C)CN(C(=O)c2cc(F)cc([N+](=O)[O-])c2Br)CCC1N. The molecule has 1 unspecified atom stereocenters. The van der Waals surface area contributed by atoms with E-state index in [4.69, 9.17) is 5.73 Å². The van der Waals surface area contributed by atoms with Gasteiger partial charge < -0.3 is 10.6 Å². The van der Waals surface area contributed by atoms with Crippen molar-refractivity contribution in [3.63, 3.8) is 0 Å². The van der Waals surface area contributed by atoms with Crippen molar-refractivity contribution < 1.29 is 14.1 Å². The van der Waals surface area contributed by atoms with Gasteiger partial charge in [0, 0.05) is 19.1 Å². The minimum atomic E-state index is -0.814. The van der Waals surface area contributed by atoms with Crippen molar-refractivity contribution in [3.8, 4) is 0 Å². The number of halogens is 2. The lowest BCUT2D eigenvalue weighted by Gasteiger charge is -2.42. The summed E-state index contributed by atoms with van der Waals surface area (Å²) in [6.07, 6.45) is 0.633. The van der Waals surface area contributed by atoms with E-state index in [-0.39, 0.29) is 21.5 Å². The molecule has 1 aliphatic rings. The van der Waals surface area contributed by atoms with Gasteiger partial charge in [-0.2, -0.15) is 0 Å². The highest BCUT2D eigenvalue weighted by Crippen LogP contribution is 2.33. The Bertz CT molecular complexity index is 636. The molecule has 1 amide bonds. The van der Waals surface area contributed by atoms with Crippen molar-refractivity contribution >= 4 is 27.5 Å². The molecule has 1 aromatic rings. The molecule has 0 aromatic heterocycles. The summed E-state index contributed by atoms with van der Waals surface area (Å²) in [5.41, 5.74) is 5.27. The van der Waals surface area contributed by atoms with Crippen molar-refractivity contribution in [1.82, 2.24) is 4.90 Å². The van der Waals surface area contributed by atoms with Crippen molar-refractivity contribution in [2.75, 3.05) is 13.1 Å². The largest absolute Gasteiger partial charge is 0.338 e. The number of nitrogens with zero attached hydrogens (tertiary/aromatic N) is 2. The summed E-state index contributed by atoms with van der Waals surface area (Å²) in [7, 11) is 0. The molecule has 1 saturated heterocycles. The van der Waals surface area contributed by atoms with Gasteiger partial charge in [0.15, 0.2) is 0 Å². The number of nitrogens with two attached hydrogens (primary N) is 1. The predicted octanol–water partition coefficient (Wildman–Crippen LogP) is 2.70. The summed E-state index contributed by atoms with van der Waals surface area (Å²) in [6, 6.07) is 1.78. The van der Waals surface area contributed by atoms with Crippen LogP contribution in [0.3, 0.4) is 0 Å². The molecule has 1 aromatic carbocycles. The Kier molecular flexibility index (Phi) is 4.53. The molecule has 1 heterocycles. The van der Waals surface area contributed by atoms with Gasteiger partial charge in [0.25, 0.3) is 11.6 Å². The molecular formula is C14H17BrFN3O3. The third-order valence-electron chi connectivity index (χ3n) is 4.04. The summed E-state index contributed by atoms with van der Waals surface area (Å²) < 4.78 is 13.6. The minimum Gasteiger partial charge on any atom is -0.338 e. The van der Waals surface area contributed by atoms with Gasteiger partial charge in [0.05, 0.1) is 16.6 Å². The molecule has 0 radical (unpaired) electrons. The third-order valence-corrected chi connectivity index (χ3v) is 4.88. The number of rotatable bonds is 2. The van der Waals surface area contributed by atoms with Crippen LogP contribution in [0, 0.1) is 21.3 Å². The van der Waals surface area contributed by atoms with Crippen LogP contribution in [0.5, 0.6) is 0 Å². The first kappa shape index (κ1) is 16.8. The zero-order chi connectivity index (χ0) is 16.7. The Morgan fingerprint density at radius 2 is 2.18 bits per heavy atom. The van der Waals surface area contributed by atoms with Crippen molar-refractivity contribution in [1.29, 1.82) is 0 Å². The van der Waals surface area contributed by atoms with Crippen LogP contribution in [0.1, 0.15) is 30.6 Å². The zero-order valence-electron chi connectivity index (χ0n) is 12.3. The minimum absolute atomic E-state index is 0.00317. The molecule has 0 saturated carbocycles. The number of nitro groups is 1. The number of benzene rings is 1. The quantitative estimate of drug-likeness (QED) is 0.637. The maximum absolute atomic E-state index is 13.6. The highest BCUT2D eigenvalue weighted by atomic mass is 79.9. The second-order valence-corrected chi connectivity index (χ2v) is 6.95. The van der Waals surface area contributed by atoms with Crippen molar-refractivity contribution in [2.45, 2.75) is 26.3 Å². The van der Waals surface area contributed by atoms with Gasteiger partial charge >= 0.3 is 0 Å². The van der Waals surface area contributed by atoms with Crippen LogP contribution in [0.4, 0.5) is 10.1 Å². The summed E-state index contributed by atoms with van der Waals surface area (Å²) in [6.45, 7) is 4.78. The summed E-state index contributed by atoms with van der Waals surface area (Å²) in [5.74, 6) is -1.25. The monoisotopic (exact) mass is 373 g/mol. The smallest absolute Gasteiger partial charge is 0.287 e. The Morgan fingerprint density at radius 1 is 1.55 bits per heavy atom. The molecule has 2 rings (SSSR count). The second kappa shape index (κ2) is 5.92. The first-order valence-electron chi connectivity index (χ1n) is 6.82. The highest BCUT2D eigenvalue weighted by Gasteiger charge is 2.36. The zero-order valence-corrected chi connectivity index (χ0v) is 13.9. The second-order valence-electron chi connectivity index (χ2n) is 6.15. The standard InChI is InChI=1S/C14H17BrFN3O3/c1-14(2)7-18(4-3-11(14)17)13(20)9-5-8(16)6-10(12(9)15)19(21)22/h5-6,11H,3-4,7,17H2,1-2H3. The van der Waals surface area contributed by atoms with Gasteiger partial charge in [0.1, 0.15) is 10.3 Å². The maximum atomic E-state index is 13.6. The molecule has 2 N–H and O–H groups in total. The van der Waals surface area contributed by atoms with Gasteiger partial charge in [-0.25, -0.2) is 4.39 Å². The van der Waals surface area contributed by atoms with E-state index in [0.29, 0.717) is 19.5 Å². The Balaban J connectivity index is 2.36. The van der Waals surface area contributed by atoms with Crippen LogP contribution in [0.15, 0.2) is 16.6 Å². The fraction of sp³-hybridized carbons (Fsp3) is 0.500. The average Bonchev–Trinajstić information content (AvgIpc) is 2.42. The predicted molar refractivity (Wildman–Crippen MR) is 83.0 cm³/mol. The normalized spacial score (nSPS) is 20.8. The van der Waals surface area contributed by atoms with E-state index in [2.05, 4.69) is 15.9 Å². The molecule has 0 bridgehead atoms. The van der Waals surface area contributed by atoms with Crippen LogP contribution in [0.2, 0.25) is 0 Å². The lowest BCUT2D eigenvalue weighted by atomic mass is 9.79. The molecule has 1 aliphatic heterocycles. The fourth-order valence-electron chi connectivity index (χ4n) is 2.58. The number of piperidine rings is 1. The number of amides is 1. The molecule has 0 aliphatic carbocycles. The van der Waals surface area contributed by atoms with Crippen LogP contribution >= 0.6 is 15.9 Å². The Hall–Kier alpha value is -1.54. The van der Waals surface area contributed by atoms with Gasteiger partial charge in [-0.1, -0.05) is 13.8 Å². The van der Waals surface area contributed by atoms with E-state index < -0.39 is 22.3 Å². The van der Waals surface area contributed by atoms with Gasteiger partial charge in [-0.3, -0.25) is 14.9 Å². The van der Waals surface area contributed by atoms with E-state index in [1.54, 1.807) is 4.90 Å². The topological polar surface area (TPSA) is 89.5 Å². The number of hydrogen-bond donors (Lipinski definition) is 1. The summed E-state index contributed by atoms with van der Waals surface area (Å²) >= 11 is 3.04. The molecule has 1 atom stereocenters. The fourth-order valence-corrected chi connectivity index (χ4v) is 3.12. The van der Waals surface area contributed by atoms with Gasteiger partial charge in [-0.15, -0.1) is 0 Å². The average molecular weight is 374 g/mol. The molecule has 6 nitrogen and oxygen atoms in total. The van der Waals surface area contributed by atoms with E-state index in [1.807, 2.05) is 13.8 Å². The summed E-state index contributed by atoms with van der Waals surface area (Å²) in [4.78, 5) is 24.4. The lowest BCUT2D eigenvalue weighted by molar-refractivity contribution is -0.385. The first-order chi connectivity index (χ1) is 10.1. The lowest BCUT2D eigenvalue weighted by Crippen LogP contribution is -2.54. The highest BCUT2D eigenvalue weighted by molar-refractivity contribution is 9.10. The molecule has 22 heavy (non-hydrogen) atoms. The van der Waals surface area contributed by atoms with Crippen molar-refractivity contribution in [3.05, 3.63) is 38.1 Å². The first-order valence-corrected chi connectivity index (χ1v) is 7.61. The summed E-state index contributed by atoms with van der Waals surface area (Å²) in [5, 5.41) is 10.9. The Labute approximate surface area is 135 Å². The number of carbonyl (C=O) groups excluding carboxylic acids is 1. The third kappa shape index (κ3) is 3.12. The van der Waals surface area contributed by atoms with Crippen LogP contribution in [-0.2, 0) is 0 Å².